The van der Waals surface area contributed by atoms with Crippen molar-refractivity contribution in [1.29, 1.82) is 0 Å². The van der Waals surface area contributed by atoms with Gasteiger partial charge in [0.2, 0.25) is 16.7 Å². The number of nitrogen functional groups attached to an aromatic ring is 1. The minimum atomic E-state index is -0.949. The number of aromatic nitrogens is 4. The Hall–Kier alpha value is -2.03. The van der Waals surface area contributed by atoms with Crippen molar-refractivity contribution in [3.8, 4) is 11.6 Å². The summed E-state index contributed by atoms with van der Waals surface area (Å²) >= 11 is 0.980. The van der Waals surface area contributed by atoms with E-state index in [1.807, 2.05) is 0 Å². The highest BCUT2D eigenvalue weighted by molar-refractivity contribution is 7.99. The highest BCUT2D eigenvalue weighted by atomic mass is 32.2. The van der Waals surface area contributed by atoms with E-state index in [4.69, 9.17) is 15.5 Å². The van der Waals surface area contributed by atoms with Crippen LogP contribution in [0.1, 0.15) is 5.69 Å². The maximum atomic E-state index is 10.4. The SMILES string of the molecule is Cc1cc(-c2nnc(SCC(=O)O)n2N)on1. The molecule has 17 heavy (non-hydrogen) atoms. The molecule has 0 saturated heterocycles. The van der Waals surface area contributed by atoms with Gasteiger partial charge in [-0.15, -0.1) is 10.2 Å². The number of carboxylic acids is 1. The summed E-state index contributed by atoms with van der Waals surface area (Å²) in [7, 11) is 0. The highest BCUT2D eigenvalue weighted by Gasteiger charge is 2.16. The summed E-state index contributed by atoms with van der Waals surface area (Å²) in [4.78, 5) is 10.4. The molecule has 0 fully saturated rings. The van der Waals surface area contributed by atoms with Gasteiger partial charge in [0.25, 0.3) is 0 Å². The van der Waals surface area contributed by atoms with Gasteiger partial charge in [-0.25, -0.2) is 4.68 Å². The van der Waals surface area contributed by atoms with E-state index in [1.165, 1.54) is 4.68 Å². The van der Waals surface area contributed by atoms with Crippen molar-refractivity contribution >= 4 is 17.7 Å². The lowest BCUT2D eigenvalue weighted by Crippen LogP contribution is -2.12. The van der Waals surface area contributed by atoms with Gasteiger partial charge in [0.05, 0.1) is 11.4 Å². The zero-order valence-corrected chi connectivity index (χ0v) is 9.64. The van der Waals surface area contributed by atoms with Gasteiger partial charge in [0, 0.05) is 6.07 Å². The second-order valence-corrected chi connectivity index (χ2v) is 4.13. The van der Waals surface area contributed by atoms with Crippen molar-refractivity contribution in [2.24, 2.45) is 0 Å². The summed E-state index contributed by atoms with van der Waals surface area (Å²) in [5, 5.41) is 20.1. The molecule has 0 aliphatic carbocycles. The second-order valence-electron chi connectivity index (χ2n) is 3.19. The summed E-state index contributed by atoms with van der Waals surface area (Å²) in [6.45, 7) is 1.77. The normalized spacial score (nSPS) is 10.6. The predicted octanol–water partition coefficient (Wildman–Crippen LogP) is 0.132. The molecule has 90 valence electrons. The van der Waals surface area contributed by atoms with Crippen LogP contribution < -0.4 is 5.84 Å². The first-order valence-electron chi connectivity index (χ1n) is 4.56. The number of nitrogens with zero attached hydrogens (tertiary/aromatic N) is 4. The summed E-state index contributed by atoms with van der Waals surface area (Å²) in [6.07, 6.45) is 0. The number of rotatable bonds is 4. The molecule has 0 amide bonds. The van der Waals surface area contributed by atoms with Gasteiger partial charge >= 0.3 is 5.97 Å². The van der Waals surface area contributed by atoms with Crippen LogP contribution in [0.2, 0.25) is 0 Å². The number of carboxylic acid groups (broad SMARTS) is 1. The van der Waals surface area contributed by atoms with Gasteiger partial charge in [0.15, 0.2) is 0 Å². The topological polar surface area (TPSA) is 120 Å². The molecule has 2 heterocycles. The summed E-state index contributed by atoms with van der Waals surface area (Å²) in [6, 6.07) is 1.67. The smallest absolute Gasteiger partial charge is 0.313 e. The number of hydrogen-bond donors (Lipinski definition) is 2. The van der Waals surface area contributed by atoms with E-state index >= 15 is 0 Å². The molecule has 2 aromatic rings. The molecule has 8 nitrogen and oxygen atoms in total. The molecule has 0 radical (unpaired) electrons. The largest absolute Gasteiger partial charge is 0.481 e. The molecule has 0 atom stereocenters. The van der Waals surface area contributed by atoms with Gasteiger partial charge in [-0.3, -0.25) is 4.79 Å². The van der Waals surface area contributed by atoms with Crippen molar-refractivity contribution in [2.45, 2.75) is 12.1 Å². The fourth-order valence-corrected chi connectivity index (χ4v) is 1.72. The van der Waals surface area contributed by atoms with Crippen LogP contribution >= 0.6 is 11.8 Å². The number of hydrogen-bond acceptors (Lipinski definition) is 7. The molecule has 0 saturated carbocycles. The molecule has 9 heteroatoms. The first-order valence-corrected chi connectivity index (χ1v) is 5.55. The van der Waals surface area contributed by atoms with Crippen LogP contribution in [0.4, 0.5) is 0 Å². The zero-order chi connectivity index (χ0) is 12.4. The minimum Gasteiger partial charge on any atom is -0.481 e. The third kappa shape index (κ3) is 2.38. The lowest BCUT2D eigenvalue weighted by molar-refractivity contribution is -0.133. The first kappa shape index (κ1) is 11.5. The average molecular weight is 255 g/mol. The molecule has 2 aromatic heterocycles. The monoisotopic (exact) mass is 255 g/mol. The van der Waals surface area contributed by atoms with Crippen LogP contribution in [0.25, 0.3) is 11.6 Å². The Kier molecular flexibility index (Phi) is 3.00. The average Bonchev–Trinajstić information content (AvgIpc) is 2.82. The number of nitrogens with two attached hydrogens (primary N) is 1. The maximum Gasteiger partial charge on any atom is 0.313 e. The van der Waals surface area contributed by atoms with E-state index in [0.717, 1.165) is 11.8 Å². The first-order chi connectivity index (χ1) is 8.08. The van der Waals surface area contributed by atoms with Crippen LogP contribution in [0.15, 0.2) is 15.7 Å². The van der Waals surface area contributed by atoms with Crippen molar-refractivity contribution in [1.82, 2.24) is 20.0 Å². The number of carbonyl (C=O) groups is 1. The molecule has 0 unspecified atom stereocenters. The minimum absolute atomic E-state index is 0.134. The summed E-state index contributed by atoms with van der Waals surface area (Å²) in [5.41, 5.74) is 0.697. The summed E-state index contributed by atoms with van der Waals surface area (Å²) < 4.78 is 6.17. The van der Waals surface area contributed by atoms with Crippen molar-refractivity contribution in [3.63, 3.8) is 0 Å². The number of thioether (sulfide) groups is 1. The van der Waals surface area contributed by atoms with Gasteiger partial charge in [0.1, 0.15) is 0 Å². The molecular weight excluding hydrogens is 246 g/mol. The van der Waals surface area contributed by atoms with Gasteiger partial charge < -0.3 is 15.5 Å². The molecule has 0 aliphatic rings. The molecule has 3 N–H and O–H groups in total. The van der Waals surface area contributed by atoms with E-state index in [0.29, 0.717) is 22.4 Å². The Labute approximate surface area is 99.8 Å². The Morgan fingerprint density at radius 2 is 2.41 bits per heavy atom. The third-order valence-corrected chi connectivity index (χ3v) is 2.77. The van der Waals surface area contributed by atoms with Crippen molar-refractivity contribution < 1.29 is 14.4 Å². The van der Waals surface area contributed by atoms with Crippen LogP contribution in [0.3, 0.4) is 0 Å². The van der Waals surface area contributed by atoms with E-state index in [9.17, 15) is 4.79 Å². The number of aryl methyl sites for hydroxylation is 1. The Morgan fingerprint density at radius 1 is 1.65 bits per heavy atom. The van der Waals surface area contributed by atoms with Crippen molar-refractivity contribution in [2.75, 3.05) is 11.6 Å². The fourth-order valence-electron chi connectivity index (χ4n) is 1.14. The highest BCUT2D eigenvalue weighted by Crippen LogP contribution is 2.21. The lowest BCUT2D eigenvalue weighted by Gasteiger charge is -1.98. The third-order valence-electron chi connectivity index (χ3n) is 1.84. The maximum absolute atomic E-state index is 10.4. The lowest BCUT2D eigenvalue weighted by atomic mass is 10.4. The van der Waals surface area contributed by atoms with E-state index in [2.05, 4.69) is 15.4 Å². The molecule has 0 bridgehead atoms. The Bertz CT molecular complexity index is 549. The van der Waals surface area contributed by atoms with Crippen LogP contribution in [-0.4, -0.2) is 36.9 Å². The van der Waals surface area contributed by atoms with Gasteiger partial charge in [-0.05, 0) is 6.92 Å². The van der Waals surface area contributed by atoms with E-state index in [-0.39, 0.29) is 5.75 Å². The Morgan fingerprint density at radius 3 is 3.00 bits per heavy atom. The summed E-state index contributed by atoms with van der Waals surface area (Å²) in [5.74, 6) is 5.33. The van der Waals surface area contributed by atoms with Gasteiger partial charge in [-0.2, -0.15) is 0 Å². The van der Waals surface area contributed by atoms with Crippen LogP contribution in [0, 0.1) is 6.92 Å². The molecule has 0 aromatic carbocycles. The standard InChI is InChI=1S/C8H9N5O3S/c1-4-2-5(16-12-4)7-10-11-8(13(7)9)17-3-6(14)15/h2H,3,9H2,1H3,(H,14,15). The van der Waals surface area contributed by atoms with Crippen LogP contribution in [0.5, 0.6) is 0 Å². The predicted molar refractivity (Wildman–Crippen MR) is 58.8 cm³/mol. The molecule has 0 spiro atoms. The van der Waals surface area contributed by atoms with Crippen molar-refractivity contribution in [3.05, 3.63) is 11.8 Å². The second kappa shape index (κ2) is 4.45. The van der Waals surface area contributed by atoms with E-state index < -0.39 is 5.97 Å². The Balaban J connectivity index is 2.23. The molecule has 0 aliphatic heterocycles. The number of aliphatic carboxylic acids is 1. The molecule has 2 rings (SSSR count). The molecular formula is C8H9N5O3S. The zero-order valence-electron chi connectivity index (χ0n) is 8.82. The fraction of sp³-hybridized carbons (Fsp3) is 0.250. The van der Waals surface area contributed by atoms with E-state index in [1.54, 1.807) is 13.0 Å². The quantitative estimate of drug-likeness (QED) is 0.584. The van der Waals surface area contributed by atoms with Crippen LogP contribution in [-0.2, 0) is 4.79 Å². The van der Waals surface area contributed by atoms with Gasteiger partial charge in [-0.1, -0.05) is 16.9 Å².